The summed E-state index contributed by atoms with van der Waals surface area (Å²) in [6.45, 7) is 1.39. The summed E-state index contributed by atoms with van der Waals surface area (Å²) in [6, 6.07) is 25.6. The minimum Gasteiger partial charge on any atom is -0.324 e. The number of carbonyl (C=O) groups is 1. The van der Waals surface area contributed by atoms with Crippen LogP contribution < -0.4 is 5.32 Å². The van der Waals surface area contributed by atoms with E-state index in [9.17, 15) is 4.79 Å². The molecule has 144 valence electrons. The van der Waals surface area contributed by atoms with Crippen LogP contribution >= 0.6 is 0 Å². The zero-order valence-corrected chi connectivity index (χ0v) is 16.0. The SMILES string of the molecule is O=C(CN(Cc1ccccn1)Cc1ccccn1)Nc1cccc2ccccc12. The third-order valence-electron chi connectivity index (χ3n) is 4.65. The number of pyridine rings is 2. The molecule has 0 unspecified atom stereocenters. The Hall–Kier alpha value is -3.57. The fourth-order valence-electron chi connectivity index (χ4n) is 3.34. The number of benzene rings is 2. The van der Waals surface area contributed by atoms with Gasteiger partial charge in [-0.25, -0.2) is 0 Å². The summed E-state index contributed by atoms with van der Waals surface area (Å²) in [5, 5.41) is 5.20. The van der Waals surface area contributed by atoms with E-state index in [1.807, 2.05) is 83.8 Å². The van der Waals surface area contributed by atoms with Crippen LogP contribution in [-0.4, -0.2) is 27.3 Å². The predicted octanol–water partition coefficient (Wildman–Crippen LogP) is 4.27. The summed E-state index contributed by atoms with van der Waals surface area (Å²) in [6.07, 6.45) is 3.54. The number of hydrogen-bond acceptors (Lipinski definition) is 4. The van der Waals surface area contributed by atoms with Gasteiger partial charge in [-0.15, -0.1) is 0 Å². The second-order valence-corrected chi connectivity index (χ2v) is 6.86. The summed E-state index contributed by atoms with van der Waals surface area (Å²) in [5.74, 6) is -0.0618. The molecule has 2 heterocycles. The lowest BCUT2D eigenvalue weighted by molar-refractivity contribution is -0.117. The first-order chi connectivity index (χ1) is 14.3. The lowest BCUT2D eigenvalue weighted by atomic mass is 10.1. The first kappa shape index (κ1) is 18.8. The van der Waals surface area contributed by atoms with E-state index in [1.54, 1.807) is 12.4 Å². The van der Waals surface area contributed by atoms with Crippen LogP contribution in [0.1, 0.15) is 11.4 Å². The molecule has 5 heteroatoms. The molecule has 2 aromatic carbocycles. The van der Waals surface area contributed by atoms with Gasteiger partial charge in [0.25, 0.3) is 0 Å². The molecule has 0 bridgehead atoms. The number of amides is 1. The van der Waals surface area contributed by atoms with Gasteiger partial charge in [-0.3, -0.25) is 19.7 Å². The number of anilines is 1. The van der Waals surface area contributed by atoms with Crippen LogP contribution in [0.4, 0.5) is 5.69 Å². The quantitative estimate of drug-likeness (QED) is 0.519. The van der Waals surface area contributed by atoms with Crippen LogP contribution in [0, 0.1) is 0 Å². The maximum atomic E-state index is 12.9. The van der Waals surface area contributed by atoms with Crippen molar-refractivity contribution in [3.8, 4) is 0 Å². The van der Waals surface area contributed by atoms with Crippen LogP contribution in [0.3, 0.4) is 0 Å². The Bertz CT molecular complexity index is 1040. The molecule has 0 aliphatic rings. The highest BCUT2D eigenvalue weighted by Gasteiger charge is 2.14. The highest BCUT2D eigenvalue weighted by molar-refractivity contribution is 6.02. The van der Waals surface area contributed by atoms with Crippen LogP contribution in [0.2, 0.25) is 0 Å². The number of carbonyl (C=O) groups excluding carboxylic acids is 1. The molecule has 0 atom stereocenters. The van der Waals surface area contributed by atoms with Gasteiger partial charge in [-0.2, -0.15) is 0 Å². The molecule has 29 heavy (non-hydrogen) atoms. The number of rotatable bonds is 7. The lowest BCUT2D eigenvalue weighted by Crippen LogP contribution is -2.33. The fourth-order valence-corrected chi connectivity index (χ4v) is 3.34. The van der Waals surface area contributed by atoms with Crippen molar-refractivity contribution in [2.75, 3.05) is 11.9 Å². The molecule has 0 fully saturated rings. The van der Waals surface area contributed by atoms with E-state index in [1.165, 1.54) is 0 Å². The van der Waals surface area contributed by atoms with Gasteiger partial charge in [0.2, 0.25) is 5.91 Å². The fraction of sp³-hybridized carbons (Fsp3) is 0.125. The molecule has 4 aromatic rings. The standard InChI is InChI=1S/C24H22N4O/c29-24(27-23-13-7-9-19-8-1-2-12-22(19)23)18-28(16-20-10-3-5-14-25-20)17-21-11-4-6-15-26-21/h1-15H,16-18H2,(H,27,29). The molecule has 0 radical (unpaired) electrons. The maximum absolute atomic E-state index is 12.9. The van der Waals surface area contributed by atoms with Crippen molar-refractivity contribution >= 4 is 22.4 Å². The zero-order chi connectivity index (χ0) is 19.9. The molecule has 0 saturated heterocycles. The number of fused-ring (bicyclic) bond motifs is 1. The molecule has 0 aliphatic carbocycles. The monoisotopic (exact) mass is 382 g/mol. The average molecular weight is 382 g/mol. The van der Waals surface area contributed by atoms with E-state index in [0.29, 0.717) is 13.1 Å². The van der Waals surface area contributed by atoms with Gasteiger partial charge < -0.3 is 5.32 Å². The Morgan fingerprint density at radius 3 is 2.03 bits per heavy atom. The van der Waals surface area contributed by atoms with Crippen LogP contribution in [-0.2, 0) is 17.9 Å². The Kier molecular flexibility index (Phi) is 5.88. The zero-order valence-electron chi connectivity index (χ0n) is 16.0. The third-order valence-corrected chi connectivity index (χ3v) is 4.65. The van der Waals surface area contributed by atoms with Gasteiger partial charge in [0.1, 0.15) is 0 Å². The second kappa shape index (κ2) is 9.08. The summed E-state index contributed by atoms with van der Waals surface area (Å²) < 4.78 is 0. The molecule has 1 amide bonds. The van der Waals surface area contributed by atoms with Crippen molar-refractivity contribution in [1.29, 1.82) is 0 Å². The number of nitrogens with one attached hydrogen (secondary N) is 1. The Morgan fingerprint density at radius 1 is 0.759 bits per heavy atom. The average Bonchev–Trinajstić information content (AvgIpc) is 2.75. The minimum atomic E-state index is -0.0618. The lowest BCUT2D eigenvalue weighted by Gasteiger charge is -2.21. The van der Waals surface area contributed by atoms with Gasteiger partial charge >= 0.3 is 0 Å². The molecule has 0 spiro atoms. The van der Waals surface area contributed by atoms with E-state index in [2.05, 4.69) is 15.3 Å². The van der Waals surface area contributed by atoms with Gasteiger partial charge in [-0.05, 0) is 35.7 Å². The molecule has 2 aromatic heterocycles. The van der Waals surface area contributed by atoms with Crippen molar-refractivity contribution < 1.29 is 4.79 Å². The maximum Gasteiger partial charge on any atom is 0.238 e. The van der Waals surface area contributed by atoms with Gasteiger partial charge in [0, 0.05) is 36.6 Å². The van der Waals surface area contributed by atoms with Crippen LogP contribution in [0.25, 0.3) is 10.8 Å². The topological polar surface area (TPSA) is 58.1 Å². The molecule has 0 saturated carbocycles. The number of hydrogen-bond donors (Lipinski definition) is 1. The largest absolute Gasteiger partial charge is 0.324 e. The van der Waals surface area contributed by atoms with Crippen molar-refractivity contribution in [2.45, 2.75) is 13.1 Å². The van der Waals surface area contributed by atoms with Crippen LogP contribution in [0.5, 0.6) is 0 Å². The summed E-state index contributed by atoms with van der Waals surface area (Å²) in [4.78, 5) is 23.7. The Morgan fingerprint density at radius 2 is 1.38 bits per heavy atom. The summed E-state index contributed by atoms with van der Waals surface area (Å²) in [7, 11) is 0. The molecular formula is C24H22N4O. The first-order valence-electron chi connectivity index (χ1n) is 9.58. The highest BCUT2D eigenvalue weighted by Crippen LogP contribution is 2.23. The third kappa shape index (κ3) is 5.03. The number of nitrogens with zero attached hydrogens (tertiary/aromatic N) is 3. The van der Waals surface area contributed by atoms with Crippen molar-refractivity contribution in [1.82, 2.24) is 14.9 Å². The Balaban J connectivity index is 1.50. The van der Waals surface area contributed by atoms with Gasteiger partial charge in [0.05, 0.1) is 17.9 Å². The molecule has 5 nitrogen and oxygen atoms in total. The van der Waals surface area contributed by atoms with Gasteiger partial charge in [-0.1, -0.05) is 48.5 Å². The van der Waals surface area contributed by atoms with Crippen molar-refractivity contribution in [2.24, 2.45) is 0 Å². The number of aromatic nitrogens is 2. The normalized spacial score (nSPS) is 10.9. The Labute approximate surface area is 170 Å². The molecular weight excluding hydrogens is 360 g/mol. The molecule has 1 N–H and O–H groups in total. The van der Waals surface area contributed by atoms with E-state index in [-0.39, 0.29) is 12.5 Å². The van der Waals surface area contributed by atoms with Crippen molar-refractivity contribution in [3.05, 3.63) is 103 Å². The van der Waals surface area contributed by atoms with Crippen molar-refractivity contribution in [3.63, 3.8) is 0 Å². The smallest absolute Gasteiger partial charge is 0.238 e. The van der Waals surface area contributed by atoms with Gasteiger partial charge in [0.15, 0.2) is 0 Å². The van der Waals surface area contributed by atoms with E-state index in [0.717, 1.165) is 27.8 Å². The minimum absolute atomic E-state index is 0.0618. The first-order valence-corrected chi connectivity index (χ1v) is 9.58. The predicted molar refractivity (Wildman–Crippen MR) is 115 cm³/mol. The summed E-state index contributed by atoms with van der Waals surface area (Å²) >= 11 is 0. The molecule has 4 rings (SSSR count). The van der Waals surface area contributed by atoms with E-state index in [4.69, 9.17) is 0 Å². The molecule has 0 aliphatic heterocycles. The van der Waals surface area contributed by atoms with Crippen LogP contribution in [0.15, 0.2) is 91.3 Å². The highest BCUT2D eigenvalue weighted by atomic mass is 16.2. The summed E-state index contributed by atoms with van der Waals surface area (Å²) in [5.41, 5.74) is 2.66. The van der Waals surface area contributed by atoms with E-state index < -0.39 is 0 Å². The second-order valence-electron chi connectivity index (χ2n) is 6.86. The van der Waals surface area contributed by atoms with E-state index >= 15 is 0 Å².